The summed E-state index contributed by atoms with van der Waals surface area (Å²) >= 11 is 0. The van der Waals surface area contributed by atoms with Crippen molar-refractivity contribution in [3.63, 3.8) is 0 Å². The maximum absolute atomic E-state index is 6.10. The molecule has 18 heavy (non-hydrogen) atoms. The number of rotatable bonds is 5. The molecule has 3 atom stereocenters. The van der Waals surface area contributed by atoms with E-state index in [1.807, 2.05) is 0 Å². The topological polar surface area (TPSA) is 32.5 Å². The van der Waals surface area contributed by atoms with Gasteiger partial charge in [0.25, 0.3) is 0 Å². The summed E-state index contributed by atoms with van der Waals surface area (Å²) in [7, 11) is 0. The fourth-order valence-electron chi connectivity index (χ4n) is 4.10. The Kier molecular flexibility index (Phi) is 5.05. The van der Waals surface area contributed by atoms with Gasteiger partial charge in [0, 0.05) is 37.8 Å². The molecule has 0 amide bonds. The molecule has 2 fully saturated rings. The highest BCUT2D eigenvalue weighted by Gasteiger charge is 2.38. The highest BCUT2D eigenvalue weighted by molar-refractivity contribution is 4.94. The average molecular weight is 253 g/mol. The first-order valence-electron chi connectivity index (χ1n) is 7.91. The van der Waals surface area contributed by atoms with Gasteiger partial charge in [-0.1, -0.05) is 26.7 Å². The van der Waals surface area contributed by atoms with Crippen LogP contribution in [-0.2, 0) is 0 Å². The van der Waals surface area contributed by atoms with Gasteiger partial charge in [-0.25, -0.2) is 0 Å². The van der Waals surface area contributed by atoms with Crippen LogP contribution < -0.4 is 5.73 Å². The second-order valence-electron chi connectivity index (χ2n) is 6.22. The number of hydrogen-bond donors (Lipinski definition) is 1. The number of piperazine rings is 1. The van der Waals surface area contributed by atoms with Gasteiger partial charge in [-0.15, -0.1) is 0 Å². The molecule has 2 N–H and O–H groups in total. The maximum Gasteiger partial charge on any atom is 0.0250 e. The fraction of sp³-hybridized carbons (Fsp3) is 1.00. The van der Waals surface area contributed by atoms with E-state index in [2.05, 4.69) is 30.6 Å². The minimum atomic E-state index is 0.595. The molecule has 3 nitrogen and oxygen atoms in total. The molecule has 2 saturated heterocycles. The van der Waals surface area contributed by atoms with Crippen molar-refractivity contribution in [3.8, 4) is 0 Å². The molecule has 0 spiro atoms. The summed E-state index contributed by atoms with van der Waals surface area (Å²) in [5.41, 5.74) is 6.10. The lowest BCUT2D eigenvalue weighted by Gasteiger charge is -2.47. The summed E-state index contributed by atoms with van der Waals surface area (Å²) in [4.78, 5) is 5.42. The van der Waals surface area contributed by atoms with E-state index in [4.69, 9.17) is 5.73 Å². The monoisotopic (exact) mass is 253 g/mol. The normalized spacial score (nSPS) is 31.8. The molecule has 3 heteroatoms. The second kappa shape index (κ2) is 6.36. The number of nitrogens with zero attached hydrogens (tertiary/aromatic N) is 2. The molecule has 2 rings (SSSR count). The van der Waals surface area contributed by atoms with Crippen LogP contribution in [0.2, 0.25) is 0 Å². The standard InChI is InChI=1S/C15H31N3/c1-4-13(5-2)15(9-16)18-11-14-7-6-8-17(14)10-12(18)3/h12-15H,4-11,16H2,1-3H3. The first-order valence-corrected chi connectivity index (χ1v) is 7.91. The summed E-state index contributed by atoms with van der Waals surface area (Å²) < 4.78 is 0. The van der Waals surface area contributed by atoms with Crippen LogP contribution in [0.4, 0.5) is 0 Å². The summed E-state index contributed by atoms with van der Waals surface area (Å²) in [6.45, 7) is 11.7. The maximum atomic E-state index is 6.10. The van der Waals surface area contributed by atoms with E-state index in [-0.39, 0.29) is 0 Å². The Labute approximate surface area is 113 Å². The molecule has 3 unspecified atom stereocenters. The Balaban J connectivity index is 2.05. The quantitative estimate of drug-likeness (QED) is 0.812. The van der Waals surface area contributed by atoms with Crippen molar-refractivity contribution in [1.82, 2.24) is 9.80 Å². The van der Waals surface area contributed by atoms with Crippen LogP contribution in [0.1, 0.15) is 46.5 Å². The van der Waals surface area contributed by atoms with E-state index < -0.39 is 0 Å². The molecule has 2 aliphatic heterocycles. The van der Waals surface area contributed by atoms with Crippen molar-refractivity contribution >= 4 is 0 Å². The van der Waals surface area contributed by atoms with Crippen molar-refractivity contribution in [3.05, 3.63) is 0 Å². The predicted octanol–water partition coefficient (Wildman–Crippen LogP) is 1.92. The third-order valence-electron chi connectivity index (χ3n) is 5.25. The lowest BCUT2D eigenvalue weighted by molar-refractivity contribution is 0.00962. The predicted molar refractivity (Wildman–Crippen MR) is 77.7 cm³/mol. The molecule has 0 bridgehead atoms. The van der Waals surface area contributed by atoms with E-state index in [1.54, 1.807) is 0 Å². The third-order valence-corrected chi connectivity index (χ3v) is 5.25. The lowest BCUT2D eigenvalue weighted by Crippen LogP contribution is -2.60. The third kappa shape index (κ3) is 2.73. The van der Waals surface area contributed by atoms with Crippen LogP contribution in [0.5, 0.6) is 0 Å². The van der Waals surface area contributed by atoms with Gasteiger partial charge in [-0.2, -0.15) is 0 Å². The molecule has 2 aliphatic rings. The van der Waals surface area contributed by atoms with Crippen molar-refractivity contribution < 1.29 is 0 Å². The van der Waals surface area contributed by atoms with Gasteiger partial charge in [0.05, 0.1) is 0 Å². The van der Waals surface area contributed by atoms with Crippen LogP contribution in [-0.4, -0.2) is 54.1 Å². The van der Waals surface area contributed by atoms with Crippen LogP contribution in [0, 0.1) is 5.92 Å². The van der Waals surface area contributed by atoms with Gasteiger partial charge in [-0.3, -0.25) is 9.80 Å². The summed E-state index contributed by atoms with van der Waals surface area (Å²) in [6, 6.07) is 2.08. The van der Waals surface area contributed by atoms with Gasteiger partial charge in [0.2, 0.25) is 0 Å². The number of fused-ring (bicyclic) bond motifs is 1. The molecular weight excluding hydrogens is 222 g/mol. The molecule has 106 valence electrons. The minimum absolute atomic E-state index is 0.595. The first kappa shape index (κ1) is 14.3. The largest absolute Gasteiger partial charge is 0.329 e. The Morgan fingerprint density at radius 1 is 1.22 bits per heavy atom. The van der Waals surface area contributed by atoms with Crippen molar-refractivity contribution in [2.45, 2.75) is 64.6 Å². The summed E-state index contributed by atoms with van der Waals surface area (Å²) in [6.07, 6.45) is 5.30. The molecule has 0 aliphatic carbocycles. The average Bonchev–Trinajstić information content (AvgIpc) is 2.82. The van der Waals surface area contributed by atoms with E-state index in [9.17, 15) is 0 Å². The van der Waals surface area contributed by atoms with Gasteiger partial charge >= 0.3 is 0 Å². The van der Waals surface area contributed by atoms with Crippen LogP contribution in [0.25, 0.3) is 0 Å². The zero-order valence-corrected chi connectivity index (χ0v) is 12.4. The SMILES string of the molecule is CCC(CC)C(CN)N1CC2CCCN2CC1C. The minimum Gasteiger partial charge on any atom is -0.329 e. The second-order valence-corrected chi connectivity index (χ2v) is 6.22. The van der Waals surface area contributed by atoms with Gasteiger partial charge < -0.3 is 5.73 Å². The highest BCUT2D eigenvalue weighted by Crippen LogP contribution is 2.29. The molecule has 0 saturated carbocycles. The Bertz CT molecular complexity index is 252. The van der Waals surface area contributed by atoms with Gasteiger partial charge in [0.15, 0.2) is 0 Å². The molecule has 0 aromatic heterocycles. The Morgan fingerprint density at radius 2 is 1.94 bits per heavy atom. The van der Waals surface area contributed by atoms with Gasteiger partial charge in [0.1, 0.15) is 0 Å². The summed E-state index contributed by atoms with van der Waals surface area (Å²) in [5, 5.41) is 0. The summed E-state index contributed by atoms with van der Waals surface area (Å²) in [5.74, 6) is 0.769. The molecule has 0 aromatic carbocycles. The Hall–Kier alpha value is -0.120. The first-order chi connectivity index (χ1) is 8.71. The Morgan fingerprint density at radius 3 is 2.56 bits per heavy atom. The van der Waals surface area contributed by atoms with E-state index in [1.165, 1.54) is 45.3 Å². The molecular formula is C15H31N3. The van der Waals surface area contributed by atoms with E-state index >= 15 is 0 Å². The van der Waals surface area contributed by atoms with Crippen LogP contribution in [0.15, 0.2) is 0 Å². The molecule has 0 radical (unpaired) electrons. The zero-order chi connectivity index (χ0) is 13.1. The molecule has 0 aromatic rings. The van der Waals surface area contributed by atoms with E-state index in [0.29, 0.717) is 12.1 Å². The lowest BCUT2D eigenvalue weighted by atomic mass is 9.90. The van der Waals surface area contributed by atoms with Crippen LogP contribution >= 0.6 is 0 Å². The smallest absolute Gasteiger partial charge is 0.0250 e. The highest BCUT2D eigenvalue weighted by atomic mass is 15.3. The number of hydrogen-bond acceptors (Lipinski definition) is 3. The van der Waals surface area contributed by atoms with Gasteiger partial charge in [-0.05, 0) is 32.2 Å². The van der Waals surface area contributed by atoms with Crippen LogP contribution in [0.3, 0.4) is 0 Å². The number of nitrogens with two attached hydrogens (primary N) is 1. The zero-order valence-electron chi connectivity index (χ0n) is 12.4. The fourth-order valence-corrected chi connectivity index (χ4v) is 4.10. The molecule has 2 heterocycles. The van der Waals surface area contributed by atoms with E-state index in [0.717, 1.165) is 18.5 Å². The van der Waals surface area contributed by atoms with Crippen molar-refractivity contribution in [1.29, 1.82) is 0 Å². The van der Waals surface area contributed by atoms with Crippen molar-refractivity contribution in [2.24, 2.45) is 11.7 Å². The van der Waals surface area contributed by atoms with Crippen molar-refractivity contribution in [2.75, 3.05) is 26.2 Å².